The molecule has 1 aromatic rings. The number of amides is 1. The van der Waals surface area contributed by atoms with Crippen LogP contribution in [0.15, 0.2) is 24.3 Å². The quantitative estimate of drug-likeness (QED) is 0.777. The largest absolute Gasteiger partial charge is 0.378 e. The van der Waals surface area contributed by atoms with E-state index in [9.17, 15) is 4.79 Å². The van der Waals surface area contributed by atoms with Gasteiger partial charge in [-0.15, -0.1) is 0 Å². The van der Waals surface area contributed by atoms with Crippen LogP contribution < -0.4 is 5.32 Å². The normalized spacial score (nSPS) is 15.8. The van der Waals surface area contributed by atoms with Crippen LogP contribution in [0, 0.1) is 0 Å². The summed E-state index contributed by atoms with van der Waals surface area (Å²) in [4.78, 5) is 11.9. The number of carbonyl (C=O) groups excluding carboxylic acids is 1. The van der Waals surface area contributed by atoms with Crippen molar-refractivity contribution < 1.29 is 14.3 Å². The highest BCUT2D eigenvalue weighted by molar-refractivity contribution is 5.90. The second-order valence-electron chi connectivity index (χ2n) is 6.49. The Balaban J connectivity index is 1.76. The van der Waals surface area contributed by atoms with Gasteiger partial charge in [-0.2, -0.15) is 0 Å². The average Bonchev–Trinajstić information content (AvgIpc) is 2.54. The molecule has 1 saturated carbocycles. The smallest absolute Gasteiger partial charge is 0.226 e. The van der Waals surface area contributed by atoms with E-state index < -0.39 is 0 Å². The van der Waals surface area contributed by atoms with E-state index in [1.54, 1.807) is 0 Å². The van der Waals surface area contributed by atoms with Gasteiger partial charge in [0.15, 0.2) is 0 Å². The second-order valence-corrected chi connectivity index (χ2v) is 6.49. The predicted molar refractivity (Wildman–Crippen MR) is 92.4 cm³/mol. The summed E-state index contributed by atoms with van der Waals surface area (Å²) < 4.78 is 11.4. The van der Waals surface area contributed by atoms with Crippen LogP contribution in [-0.4, -0.2) is 24.7 Å². The maximum Gasteiger partial charge on any atom is 0.226 e. The second kappa shape index (κ2) is 9.68. The molecule has 0 heterocycles. The van der Waals surface area contributed by atoms with E-state index >= 15 is 0 Å². The number of hydrogen-bond acceptors (Lipinski definition) is 3. The Morgan fingerprint density at radius 2 is 2.04 bits per heavy atom. The van der Waals surface area contributed by atoms with Crippen LogP contribution in [0.1, 0.15) is 57.9 Å². The summed E-state index contributed by atoms with van der Waals surface area (Å²) in [7, 11) is 0. The third-order valence-corrected chi connectivity index (χ3v) is 4.03. The number of benzene rings is 1. The third kappa shape index (κ3) is 7.14. The highest BCUT2D eigenvalue weighted by Crippen LogP contribution is 2.22. The first-order chi connectivity index (χ1) is 11.1. The van der Waals surface area contributed by atoms with Crippen molar-refractivity contribution in [1.29, 1.82) is 0 Å². The SMILES string of the molecule is CC(C)OCCC(=O)Nc1cccc(COC2CCCCC2)c1. The lowest BCUT2D eigenvalue weighted by molar-refractivity contribution is -0.117. The van der Waals surface area contributed by atoms with Gasteiger partial charge in [0, 0.05) is 5.69 Å². The molecule has 4 heteroatoms. The first-order valence-corrected chi connectivity index (χ1v) is 8.75. The van der Waals surface area contributed by atoms with Crippen LogP contribution in [0.4, 0.5) is 5.69 Å². The number of carbonyl (C=O) groups is 1. The highest BCUT2D eigenvalue weighted by atomic mass is 16.5. The molecule has 1 fully saturated rings. The molecule has 0 radical (unpaired) electrons. The lowest BCUT2D eigenvalue weighted by Crippen LogP contribution is -2.17. The molecule has 0 atom stereocenters. The Morgan fingerprint density at radius 1 is 1.26 bits per heavy atom. The number of ether oxygens (including phenoxy) is 2. The van der Waals surface area contributed by atoms with Gasteiger partial charge in [0.05, 0.1) is 31.8 Å². The number of anilines is 1. The fourth-order valence-electron chi connectivity index (χ4n) is 2.80. The van der Waals surface area contributed by atoms with Crippen LogP contribution in [-0.2, 0) is 20.9 Å². The van der Waals surface area contributed by atoms with Crippen molar-refractivity contribution in [3.8, 4) is 0 Å². The molecular weight excluding hydrogens is 290 g/mol. The van der Waals surface area contributed by atoms with Gasteiger partial charge in [0.25, 0.3) is 0 Å². The van der Waals surface area contributed by atoms with Gasteiger partial charge in [-0.3, -0.25) is 4.79 Å². The highest BCUT2D eigenvalue weighted by Gasteiger charge is 2.13. The molecule has 1 amide bonds. The number of nitrogens with one attached hydrogen (secondary N) is 1. The minimum atomic E-state index is -0.0176. The molecule has 0 unspecified atom stereocenters. The molecule has 1 aliphatic rings. The van der Waals surface area contributed by atoms with Crippen LogP contribution in [0.25, 0.3) is 0 Å². The Morgan fingerprint density at radius 3 is 2.78 bits per heavy atom. The van der Waals surface area contributed by atoms with Crippen molar-refractivity contribution in [3.63, 3.8) is 0 Å². The first kappa shape index (κ1) is 18.0. The summed E-state index contributed by atoms with van der Waals surface area (Å²) in [5, 5.41) is 2.92. The minimum absolute atomic E-state index is 0.0176. The topological polar surface area (TPSA) is 47.6 Å². The lowest BCUT2D eigenvalue weighted by atomic mass is 9.98. The molecule has 1 aliphatic carbocycles. The van der Waals surface area contributed by atoms with Crippen LogP contribution in [0.3, 0.4) is 0 Å². The zero-order valence-electron chi connectivity index (χ0n) is 14.3. The summed E-state index contributed by atoms with van der Waals surface area (Å²) in [6.07, 6.45) is 7.16. The Labute approximate surface area is 139 Å². The molecule has 0 spiro atoms. The summed E-state index contributed by atoms with van der Waals surface area (Å²) >= 11 is 0. The molecular formula is C19H29NO3. The van der Waals surface area contributed by atoms with Crippen molar-refractivity contribution in [1.82, 2.24) is 0 Å². The average molecular weight is 319 g/mol. The van der Waals surface area contributed by atoms with Gasteiger partial charge in [0.2, 0.25) is 5.91 Å². The van der Waals surface area contributed by atoms with E-state index in [0.29, 0.717) is 25.7 Å². The third-order valence-electron chi connectivity index (χ3n) is 4.03. The zero-order chi connectivity index (χ0) is 16.5. The fourth-order valence-corrected chi connectivity index (χ4v) is 2.80. The monoisotopic (exact) mass is 319 g/mol. The van der Waals surface area contributed by atoms with Crippen LogP contribution in [0.5, 0.6) is 0 Å². The summed E-state index contributed by atoms with van der Waals surface area (Å²) in [5.74, 6) is -0.0176. The summed E-state index contributed by atoms with van der Waals surface area (Å²) in [5.41, 5.74) is 1.93. The van der Waals surface area contributed by atoms with E-state index in [1.165, 1.54) is 32.1 Å². The van der Waals surface area contributed by atoms with Crippen LogP contribution >= 0.6 is 0 Å². The van der Waals surface area contributed by atoms with Gasteiger partial charge in [-0.1, -0.05) is 31.4 Å². The van der Waals surface area contributed by atoms with E-state index in [-0.39, 0.29) is 12.0 Å². The van der Waals surface area contributed by atoms with Crippen LogP contribution in [0.2, 0.25) is 0 Å². The molecule has 4 nitrogen and oxygen atoms in total. The Kier molecular flexibility index (Phi) is 7.56. The van der Waals surface area contributed by atoms with Gasteiger partial charge in [0.1, 0.15) is 0 Å². The maximum absolute atomic E-state index is 11.9. The fraction of sp³-hybridized carbons (Fsp3) is 0.632. The predicted octanol–water partition coefficient (Wildman–Crippen LogP) is 4.29. The Bertz CT molecular complexity index is 481. The molecule has 1 aromatic carbocycles. The minimum Gasteiger partial charge on any atom is -0.378 e. The maximum atomic E-state index is 11.9. The van der Waals surface area contributed by atoms with Crippen molar-refractivity contribution in [2.24, 2.45) is 0 Å². The lowest BCUT2D eigenvalue weighted by Gasteiger charge is -2.22. The molecule has 0 aliphatic heterocycles. The van der Waals surface area contributed by atoms with Crippen molar-refractivity contribution in [2.75, 3.05) is 11.9 Å². The Hall–Kier alpha value is -1.39. The summed E-state index contributed by atoms with van der Waals surface area (Å²) in [6.45, 7) is 5.00. The van der Waals surface area contributed by atoms with E-state index in [4.69, 9.17) is 9.47 Å². The van der Waals surface area contributed by atoms with E-state index in [1.807, 2.05) is 38.1 Å². The zero-order valence-corrected chi connectivity index (χ0v) is 14.3. The first-order valence-electron chi connectivity index (χ1n) is 8.75. The van der Waals surface area contributed by atoms with Gasteiger partial charge in [-0.05, 0) is 44.4 Å². The summed E-state index contributed by atoms with van der Waals surface area (Å²) in [6, 6.07) is 7.90. The molecule has 2 rings (SSSR count). The van der Waals surface area contributed by atoms with Gasteiger partial charge < -0.3 is 14.8 Å². The van der Waals surface area contributed by atoms with Gasteiger partial charge >= 0.3 is 0 Å². The van der Waals surface area contributed by atoms with E-state index in [0.717, 1.165) is 11.3 Å². The van der Waals surface area contributed by atoms with Crippen molar-refractivity contribution >= 4 is 11.6 Å². The standard InChI is InChI=1S/C19H29NO3/c1-15(2)22-12-11-19(21)20-17-8-6-7-16(13-17)14-23-18-9-4-3-5-10-18/h6-8,13,15,18H,3-5,9-12,14H2,1-2H3,(H,20,21). The molecule has 128 valence electrons. The van der Waals surface area contributed by atoms with E-state index in [2.05, 4.69) is 5.32 Å². The number of rotatable bonds is 8. The molecule has 0 bridgehead atoms. The molecule has 0 saturated heterocycles. The molecule has 0 aromatic heterocycles. The molecule has 23 heavy (non-hydrogen) atoms. The molecule has 1 N–H and O–H groups in total. The van der Waals surface area contributed by atoms with Crippen molar-refractivity contribution in [3.05, 3.63) is 29.8 Å². The van der Waals surface area contributed by atoms with Gasteiger partial charge in [-0.25, -0.2) is 0 Å². The van der Waals surface area contributed by atoms with Crippen molar-refractivity contribution in [2.45, 2.75) is 71.2 Å². The number of hydrogen-bond donors (Lipinski definition) is 1.